The van der Waals surface area contributed by atoms with E-state index in [9.17, 15) is 4.79 Å². The van der Waals surface area contributed by atoms with Crippen molar-refractivity contribution < 1.29 is 4.79 Å². The standard InChI is InChI=1S/C20H26N2O.ClH/c1-3-4-14-22(16(2)18-8-6-5-7-9-18)20(23)19-12-10-17(15-21)11-13-19;/h5-13,16H,3-4,14-15,21H2,1-2H3;1H. The molecule has 2 rings (SSSR count). The van der Waals surface area contributed by atoms with Crippen LogP contribution in [0.2, 0.25) is 0 Å². The van der Waals surface area contributed by atoms with Crippen LogP contribution in [0.4, 0.5) is 0 Å². The summed E-state index contributed by atoms with van der Waals surface area (Å²) in [5.41, 5.74) is 8.56. The average molecular weight is 347 g/mol. The number of hydrogen-bond acceptors (Lipinski definition) is 2. The van der Waals surface area contributed by atoms with Gasteiger partial charge in [-0.15, -0.1) is 12.4 Å². The Kier molecular flexibility index (Phi) is 8.51. The van der Waals surface area contributed by atoms with Gasteiger partial charge >= 0.3 is 0 Å². The average Bonchev–Trinajstić information content (AvgIpc) is 2.62. The zero-order valence-corrected chi connectivity index (χ0v) is 15.3. The van der Waals surface area contributed by atoms with Crippen molar-refractivity contribution in [1.29, 1.82) is 0 Å². The van der Waals surface area contributed by atoms with Crippen LogP contribution in [0, 0.1) is 0 Å². The number of hydrogen-bond donors (Lipinski definition) is 1. The lowest BCUT2D eigenvalue weighted by Gasteiger charge is -2.30. The van der Waals surface area contributed by atoms with Gasteiger partial charge in [0.25, 0.3) is 5.91 Å². The third-order valence-corrected chi connectivity index (χ3v) is 4.20. The van der Waals surface area contributed by atoms with Crippen molar-refractivity contribution in [3.8, 4) is 0 Å². The largest absolute Gasteiger partial charge is 0.332 e. The minimum absolute atomic E-state index is 0. The summed E-state index contributed by atoms with van der Waals surface area (Å²) in [6.45, 7) is 5.50. The monoisotopic (exact) mass is 346 g/mol. The van der Waals surface area contributed by atoms with Crippen LogP contribution in [0.3, 0.4) is 0 Å². The van der Waals surface area contributed by atoms with Gasteiger partial charge in [0.1, 0.15) is 0 Å². The van der Waals surface area contributed by atoms with Crippen LogP contribution in [-0.2, 0) is 6.54 Å². The van der Waals surface area contributed by atoms with Gasteiger partial charge in [0.05, 0.1) is 6.04 Å². The summed E-state index contributed by atoms with van der Waals surface area (Å²) in [6, 6.07) is 17.9. The smallest absolute Gasteiger partial charge is 0.254 e. The number of nitrogens with zero attached hydrogens (tertiary/aromatic N) is 1. The Morgan fingerprint density at radius 1 is 1.08 bits per heavy atom. The maximum absolute atomic E-state index is 13.0. The van der Waals surface area contributed by atoms with E-state index in [-0.39, 0.29) is 24.4 Å². The Hall–Kier alpha value is -1.84. The molecule has 2 N–H and O–H groups in total. The van der Waals surface area contributed by atoms with Crippen molar-refractivity contribution in [2.24, 2.45) is 5.73 Å². The Bertz CT molecular complexity index is 613. The van der Waals surface area contributed by atoms with Crippen LogP contribution < -0.4 is 5.73 Å². The molecule has 0 bridgehead atoms. The number of halogens is 1. The molecule has 0 heterocycles. The van der Waals surface area contributed by atoms with Crippen molar-refractivity contribution in [1.82, 2.24) is 4.90 Å². The van der Waals surface area contributed by atoms with Crippen molar-refractivity contribution in [3.63, 3.8) is 0 Å². The summed E-state index contributed by atoms with van der Waals surface area (Å²) in [4.78, 5) is 14.9. The molecular weight excluding hydrogens is 320 g/mol. The fraction of sp³-hybridized carbons (Fsp3) is 0.350. The first kappa shape index (κ1) is 20.2. The second-order valence-corrected chi connectivity index (χ2v) is 5.84. The third kappa shape index (κ3) is 5.08. The van der Waals surface area contributed by atoms with Gasteiger partial charge in [-0.25, -0.2) is 0 Å². The van der Waals surface area contributed by atoms with Crippen LogP contribution in [0.15, 0.2) is 54.6 Å². The molecule has 1 amide bonds. The van der Waals surface area contributed by atoms with E-state index in [1.165, 1.54) is 0 Å². The Labute approximate surface area is 151 Å². The van der Waals surface area contributed by atoms with Gasteiger partial charge in [-0.3, -0.25) is 4.79 Å². The van der Waals surface area contributed by atoms with Crippen molar-refractivity contribution in [2.75, 3.05) is 6.54 Å². The molecule has 0 fully saturated rings. The van der Waals surface area contributed by atoms with Gasteiger partial charge in [-0.1, -0.05) is 55.8 Å². The number of amides is 1. The summed E-state index contributed by atoms with van der Waals surface area (Å²) in [7, 11) is 0. The summed E-state index contributed by atoms with van der Waals surface area (Å²) in [5.74, 6) is 0.0818. The fourth-order valence-electron chi connectivity index (χ4n) is 2.66. The molecule has 1 atom stereocenters. The highest BCUT2D eigenvalue weighted by molar-refractivity contribution is 5.94. The Morgan fingerprint density at radius 3 is 2.25 bits per heavy atom. The molecule has 1 unspecified atom stereocenters. The molecule has 0 radical (unpaired) electrons. The molecular formula is C20H27ClN2O. The van der Waals surface area contributed by atoms with E-state index >= 15 is 0 Å². The van der Waals surface area contributed by atoms with Crippen LogP contribution >= 0.6 is 12.4 Å². The highest BCUT2D eigenvalue weighted by Crippen LogP contribution is 2.23. The van der Waals surface area contributed by atoms with E-state index in [2.05, 4.69) is 26.0 Å². The number of carbonyl (C=O) groups excluding carboxylic acids is 1. The molecule has 2 aromatic rings. The van der Waals surface area contributed by atoms with Crippen LogP contribution in [-0.4, -0.2) is 17.4 Å². The van der Waals surface area contributed by atoms with E-state index in [1.54, 1.807) is 0 Å². The van der Waals surface area contributed by atoms with E-state index < -0.39 is 0 Å². The molecule has 0 aliphatic carbocycles. The molecule has 0 saturated carbocycles. The maximum atomic E-state index is 13.0. The Balaban J connectivity index is 0.00000288. The number of unbranched alkanes of at least 4 members (excludes halogenated alkanes) is 1. The number of rotatable bonds is 7. The lowest BCUT2D eigenvalue weighted by molar-refractivity contribution is 0.0687. The first-order valence-electron chi connectivity index (χ1n) is 8.32. The molecule has 0 saturated heterocycles. The zero-order chi connectivity index (χ0) is 16.7. The van der Waals surface area contributed by atoms with Crippen LogP contribution in [0.25, 0.3) is 0 Å². The van der Waals surface area contributed by atoms with E-state index in [1.807, 2.05) is 47.4 Å². The van der Waals surface area contributed by atoms with E-state index in [0.717, 1.165) is 36.1 Å². The van der Waals surface area contributed by atoms with Crippen molar-refractivity contribution in [2.45, 2.75) is 39.3 Å². The Morgan fingerprint density at radius 2 is 1.71 bits per heavy atom. The highest BCUT2D eigenvalue weighted by Gasteiger charge is 2.22. The maximum Gasteiger partial charge on any atom is 0.254 e. The summed E-state index contributed by atoms with van der Waals surface area (Å²) in [5, 5.41) is 0. The lowest BCUT2D eigenvalue weighted by atomic mass is 10.0. The van der Waals surface area contributed by atoms with Crippen molar-refractivity contribution >= 4 is 18.3 Å². The van der Waals surface area contributed by atoms with Crippen LogP contribution in [0.5, 0.6) is 0 Å². The van der Waals surface area contributed by atoms with Gasteiger partial charge in [-0.2, -0.15) is 0 Å². The summed E-state index contributed by atoms with van der Waals surface area (Å²) in [6.07, 6.45) is 2.07. The minimum Gasteiger partial charge on any atom is -0.332 e. The predicted octanol–water partition coefficient (Wildman–Crippen LogP) is 4.57. The van der Waals surface area contributed by atoms with Gasteiger partial charge in [0, 0.05) is 18.7 Å². The van der Waals surface area contributed by atoms with E-state index in [4.69, 9.17) is 5.73 Å². The molecule has 24 heavy (non-hydrogen) atoms. The van der Waals surface area contributed by atoms with E-state index in [0.29, 0.717) is 6.54 Å². The molecule has 2 aromatic carbocycles. The third-order valence-electron chi connectivity index (χ3n) is 4.20. The summed E-state index contributed by atoms with van der Waals surface area (Å²) >= 11 is 0. The second-order valence-electron chi connectivity index (χ2n) is 5.84. The van der Waals surface area contributed by atoms with Gasteiger partial charge in [0.2, 0.25) is 0 Å². The lowest BCUT2D eigenvalue weighted by Crippen LogP contribution is -2.34. The summed E-state index contributed by atoms with van der Waals surface area (Å²) < 4.78 is 0. The molecule has 3 nitrogen and oxygen atoms in total. The quantitative estimate of drug-likeness (QED) is 0.798. The number of nitrogens with two attached hydrogens (primary N) is 1. The molecule has 0 aliphatic rings. The number of benzene rings is 2. The molecule has 0 aromatic heterocycles. The van der Waals surface area contributed by atoms with Crippen molar-refractivity contribution in [3.05, 3.63) is 71.3 Å². The topological polar surface area (TPSA) is 46.3 Å². The fourth-order valence-corrected chi connectivity index (χ4v) is 2.66. The molecule has 130 valence electrons. The first-order chi connectivity index (χ1) is 11.2. The zero-order valence-electron chi connectivity index (χ0n) is 14.4. The first-order valence-corrected chi connectivity index (χ1v) is 8.32. The molecule has 0 aliphatic heterocycles. The van der Waals surface area contributed by atoms with Gasteiger partial charge < -0.3 is 10.6 Å². The second kappa shape index (κ2) is 10.1. The number of carbonyl (C=O) groups is 1. The predicted molar refractivity (Wildman–Crippen MR) is 102 cm³/mol. The van der Waals surface area contributed by atoms with Crippen LogP contribution in [0.1, 0.15) is 54.2 Å². The normalized spacial score (nSPS) is 11.5. The van der Waals surface area contributed by atoms with Gasteiger partial charge in [-0.05, 0) is 36.6 Å². The highest BCUT2D eigenvalue weighted by atomic mass is 35.5. The molecule has 0 spiro atoms. The SMILES string of the molecule is CCCCN(C(=O)c1ccc(CN)cc1)C(C)c1ccccc1.Cl. The van der Waals surface area contributed by atoms with Gasteiger partial charge in [0.15, 0.2) is 0 Å². The molecule has 4 heteroatoms. The minimum atomic E-state index is 0.